The maximum atomic E-state index is 12.3. The molecule has 2 heterocycles. The first-order chi connectivity index (χ1) is 9.47. The number of aryl methyl sites for hydroxylation is 1. The van der Waals surface area contributed by atoms with Crippen LogP contribution >= 0.6 is 0 Å². The Morgan fingerprint density at radius 3 is 2.50 bits per heavy atom. The van der Waals surface area contributed by atoms with Gasteiger partial charge in [0, 0.05) is 46.5 Å². The summed E-state index contributed by atoms with van der Waals surface area (Å²) in [7, 11) is 5.89. The second kappa shape index (κ2) is 6.28. The summed E-state index contributed by atoms with van der Waals surface area (Å²) in [5, 5.41) is 0. The van der Waals surface area contributed by atoms with Crippen LogP contribution in [0.5, 0.6) is 0 Å². The third-order valence-corrected chi connectivity index (χ3v) is 3.63. The molecule has 0 radical (unpaired) electrons. The summed E-state index contributed by atoms with van der Waals surface area (Å²) in [5.74, 6) is 0.746. The number of ketones is 1. The number of piperazine rings is 1. The molecule has 0 saturated carbocycles. The van der Waals surface area contributed by atoms with Crippen molar-refractivity contribution in [2.24, 2.45) is 0 Å². The van der Waals surface area contributed by atoms with Crippen molar-refractivity contribution < 1.29 is 4.79 Å². The molecule has 0 N–H and O–H groups in total. The lowest BCUT2D eigenvalue weighted by molar-refractivity contribution is 0.0875. The molecular formula is C14H23N5O. The number of carbonyl (C=O) groups excluding carboxylic acids is 1. The SMILES string of the molecule is Cc1nc(N(C)C)ncc1C(=O)CN1CCN(C)CC1. The van der Waals surface area contributed by atoms with Crippen molar-refractivity contribution in [1.82, 2.24) is 19.8 Å². The van der Waals surface area contributed by atoms with Gasteiger partial charge < -0.3 is 9.80 Å². The van der Waals surface area contributed by atoms with Gasteiger partial charge in [0.25, 0.3) is 0 Å². The van der Waals surface area contributed by atoms with Crippen molar-refractivity contribution in [1.29, 1.82) is 0 Å². The van der Waals surface area contributed by atoms with Crippen LogP contribution in [0.25, 0.3) is 0 Å². The number of rotatable bonds is 4. The van der Waals surface area contributed by atoms with Crippen LogP contribution in [0, 0.1) is 6.92 Å². The second-order valence-corrected chi connectivity index (χ2v) is 5.57. The molecule has 0 bridgehead atoms. The molecule has 1 aromatic rings. The van der Waals surface area contributed by atoms with E-state index < -0.39 is 0 Å². The molecule has 0 spiro atoms. The monoisotopic (exact) mass is 277 g/mol. The van der Waals surface area contributed by atoms with Crippen molar-refractivity contribution in [3.63, 3.8) is 0 Å². The Bertz CT molecular complexity index is 480. The standard InChI is InChI=1S/C14H23N5O/c1-11-12(9-15-14(16-11)17(2)3)13(20)10-19-7-5-18(4)6-8-19/h9H,5-8,10H2,1-4H3. The smallest absolute Gasteiger partial charge is 0.225 e. The number of hydrogen-bond acceptors (Lipinski definition) is 6. The zero-order chi connectivity index (χ0) is 14.7. The molecule has 20 heavy (non-hydrogen) atoms. The number of aromatic nitrogens is 2. The molecule has 6 nitrogen and oxygen atoms in total. The van der Waals surface area contributed by atoms with Gasteiger partial charge in [-0.15, -0.1) is 0 Å². The van der Waals surface area contributed by atoms with Crippen molar-refractivity contribution in [3.05, 3.63) is 17.5 Å². The van der Waals surface area contributed by atoms with Crippen LogP contribution in [0.2, 0.25) is 0 Å². The first-order valence-corrected chi connectivity index (χ1v) is 6.92. The molecule has 1 saturated heterocycles. The largest absolute Gasteiger partial charge is 0.347 e. The predicted molar refractivity (Wildman–Crippen MR) is 79.4 cm³/mol. The van der Waals surface area contributed by atoms with Crippen molar-refractivity contribution >= 4 is 11.7 Å². The van der Waals surface area contributed by atoms with Gasteiger partial charge >= 0.3 is 0 Å². The molecule has 1 aromatic heterocycles. The molecule has 2 rings (SSSR count). The lowest BCUT2D eigenvalue weighted by Gasteiger charge is -2.31. The molecule has 0 aromatic carbocycles. The van der Waals surface area contributed by atoms with Crippen molar-refractivity contribution in [3.8, 4) is 0 Å². The van der Waals surface area contributed by atoms with Gasteiger partial charge in [-0.25, -0.2) is 9.97 Å². The fourth-order valence-electron chi connectivity index (χ4n) is 2.24. The Labute approximate surface area is 120 Å². The lowest BCUT2D eigenvalue weighted by Crippen LogP contribution is -2.46. The van der Waals surface area contributed by atoms with Gasteiger partial charge in [0.05, 0.1) is 17.8 Å². The minimum atomic E-state index is 0.109. The van der Waals surface area contributed by atoms with E-state index in [0.29, 0.717) is 18.1 Å². The first-order valence-electron chi connectivity index (χ1n) is 6.92. The van der Waals surface area contributed by atoms with Gasteiger partial charge in [-0.1, -0.05) is 0 Å². The van der Waals surface area contributed by atoms with Gasteiger partial charge in [0.1, 0.15) is 0 Å². The average molecular weight is 277 g/mol. The zero-order valence-corrected chi connectivity index (χ0v) is 12.8. The molecule has 1 aliphatic heterocycles. The summed E-state index contributed by atoms with van der Waals surface area (Å²) in [5.41, 5.74) is 1.39. The summed E-state index contributed by atoms with van der Waals surface area (Å²) in [6.07, 6.45) is 1.65. The summed E-state index contributed by atoms with van der Waals surface area (Å²) in [6, 6.07) is 0. The molecule has 6 heteroatoms. The van der Waals surface area contributed by atoms with Gasteiger partial charge in [0.2, 0.25) is 5.95 Å². The Balaban J connectivity index is 2.02. The second-order valence-electron chi connectivity index (χ2n) is 5.57. The van der Waals surface area contributed by atoms with Crippen molar-refractivity contribution in [2.45, 2.75) is 6.92 Å². The molecule has 0 aliphatic carbocycles. The normalized spacial score (nSPS) is 17.2. The number of nitrogens with zero attached hydrogens (tertiary/aromatic N) is 5. The highest BCUT2D eigenvalue weighted by Crippen LogP contribution is 2.11. The quantitative estimate of drug-likeness (QED) is 0.737. The number of Topliss-reactive ketones (excluding diaryl/α,β-unsaturated/α-hetero) is 1. The fourth-order valence-corrected chi connectivity index (χ4v) is 2.24. The van der Waals surface area contributed by atoms with Gasteiger partial charge in [-0.3, -0.25) is 9.69 Å². The highest BCUT2D eigenvalue weighted by Gasteiger charge is 2.19. The predicted octanol–water partition coefficient (Wildman–Crippen LogP) is 0.281. The molecule has 1 fully saturated rings. The maximum absolute atomic E-state index is 12.3. The van der Waals surface area contributed by atoms with E-state index in [2.05, 4.69) is 26.8 Å². The minimum absolute atomic E-state index is 0.109. The summed E-state index contributed by atoms with van der Waals surface area (Å²) in [4.78, 5) is 27.3. The Morgan fingerprint density at radius 1 is 1.30 bits per heavy atom. The van der Waals surface area contributed by atoms with E-state index in [1.54, 1.807) is 6.20 Å². The van der Waals surface area contributed by atoms with E-state index in [1.165, 1.54) is 0 Å². The van der Waals surface area contributed by atoms with Crippen molar-refractivity contribution in [2.75, 3.05) is 58.8 Å². The first kappa shape index (κ1) is 14.9. The summed E-state index contributed by atoms with van der Waals surface area (Å²) < 4.78 is 0. The number of anilines is 1. The van der Waals surface area contributed by atoms with Gasteiger partial charge in [0.15, 0.2) is 5.78 Å². The van der Waals surface area contributed by atoms with Crippen LogP contribution < -0.4 is 4.90 Å². The van der Waals surface area contributed by atoms with E-state index in [9.17, 15) is 4.79 Å². The third-order valence-electron chi connectivity index (χ3n) is 3.63. The van der Waals surface area contributed by atoms with Gasteiger partial charge in [-0.2, -0.15) is 0 Å². The summed E-state index contributed by atoms with van der Waals surface area (Å²) >= 11 is 0. The molecule has 0 atom stereocenters. The Morgan fingerprint density at radius 2 is 1.95 bits per heavy atom. The van der Waals surface area contributed by atoms with Gasteiger partial charge in [-0.05, 0) is 14.0 Å². The van der Waals surface area contributed by atoms with Crippen LogP contribution in [-0.2, 0) is 0 Å². The molecule has 0 unspecified atom stereocenters. The van der Waals surface area contributed by atoms with Crippen LogP contribution in [0.15, 0.2) is 6.20 Å². The van der Waals surface area contributed by atoms with E-state index in [1.807, 2.05) is 25.9 Å². The highest BCUT2D eigenvalue weighted by molar-refractivity contribution is 5.98. The van der Waals surface area contributed by atoms with Crippen LogP contribution in [-0.4, -0.2) is 79.4 Å². The van der Waals surface area contributed by atoms with E-state index in [0.717, 1.165) is 31.9 Å². The molecule has 1 aliphatic rings. The lowest BCUT2D eigenvalue weighted by atomic mass is 10.1. The van der Waals surface area contributed by atoms with Crippen LogP contribution in [0.3, 0.4) is 0 Å². The Kier molecular flexibility index (Phi) is 4.67. The highest BCUT2D eigenvalue weighted by atomic mass is 16.1. The number of likely N-dealkylation sites (N-methyl/N-ethyl adjacent to an activating group) is 1. The van der Waals surface area contributed by atoms with Crippen LogP contribution in [0.1, 0.15) is 16.1 Å². The zero-order valence-electron chi connectivity index (χ0n) is 12.8. The number of hydrogen-bond donors (Lipinski definition) is 0. The molecular weight excluding hydrogens is 254 g/mol. The summed E-state index contributed by atoms with van der Waals surface area (Å²) in [6.45, 7) is 6.24. The topological polar surface area (TPSA) is 52.6 Å². The molecule has 110 valence electrons. The van der Waals surface area contributed by atoms with E-state index >= 15 is 0 Å². The Hall–Kier alpha value is -1.53. The number of carbonyl (C=O) groups is 1. The minimum Gasteiger partial charge on any atom is -0.347 e. The fraction of sp³-hybridized carbons (Fsp3) is 0.643. The van der Waals surface area contributed by atoms with E-state index in [-0.39, 0.29) is 5.78 Å². The maximum Gasteiger partial charge on any atom is 0.225 e. The third kappa shape index (κ3) is 3.52. The average Bonchev–Trinajstić information content (AvgIpc) is 2.41. The molecule has 0 amide bonds. The van der Waals surface area contributed by atoms with Crippen LogP contribution in [0.4, 0.5) is 5.95 Å². The van der Waals surface area contributed by atoms with E-state index in [4.69, 9.17) is 0 Å².